The van der Waals surface area contributed by atoms with Gasteiger partial charge in [-0.1, -0.05) is 13.2 Å². The van der Waals surface area contributed by atoms with Crippen molar-refractivity contribution in [2.24, 2.45) is 0 Å². The first kappa shape index (κ1) is 41.0. The average Bonchev–Trinajstić information content (AvgIpc) is 3.18. The molecular weight excluding hydrogens is 666 g/mol. The van der Waals surface area contributed by atoms with Crippen LogP contribution < -0.4 is 28.4 Å². The topological polar surface area (TPSA) is 132 Å². The van der Waals surface area contributed by atoms with Crippen LogP contribution in [0, 0.1) is 5.41 Å². The lowest BCUT2D eigenvalue weighted by Gasteiger charge is -2.13. The molecule has 52 heavy (non-hydrogen) atoms. The molecule has 0 unspecified atom stereocenters. The van der Waals surface area contributed by atoms with E-state index < -0.39 is 0 Å². The van der Waals surface area contributed by atoms with Crippen molar-refractivity contribution in [2.75, 3.05) is 52.9 Å². The van der Waals surface area contributed by atoms with Gasteiger partial charge in [-0.2, -0.15) is 0 Å². The number of esters is 2. The van der Waals surface area contributed by atoms with Gasteiger partial charge >= 0.3 is 11.9 Å². The van der Waals surface area contributed by atoms with E-state index in [-0.39, 0.29) is 11.9 Å². The minimum atomic E-state index is -0.383. The molecule has 0 aliphatic heterocycles. The fraction of sp³-hybridized carbons (Fsp3) is 0.390. The van der Waals surface area contributed by atoms with Crippen molar-refractivity contribution < 1.29 is 47.5 Å². The lowest BCUT2D eigenvalue weighted by molar-refractivity contribution is -0.138. The number of carbonyl (C=O) groups excluding carboxylic acids is 2. The molecule has 0 fully saturated rings. The highest BCUT2D eigenvalue weighted by Crippen LogP contribution is 2.24. The molecule has 0 aliphatic carbocycles. The van der Waals surface area contributed by atoms with Crippen LogP contribution in [-0.4, -0.2) is 71.0 Å². The Hall–Kier alpha value is -5.45. The molecule has 3 aromatic carbocycles. The molecular formula is C41H51NO10. The van der Waals surface area contributed by atoms with Crippen LogP contribution in [-0.2, 0) is 19.1 Å². The van der Waals surface area contributed by atoms with E-state index in [2.05, 4.69) is 13.2 Å². The standard InChI is InChI=1S/C41H51NO10/c1-3-40(43)51-25-11-7-5-9-23-45-34-13-17-36(18-14-34)47-27-28-49-38-21-22-39(33(31-38)32-42)50-30-29-48-37-19-15-35(16-20-37)46-24-10-6-8-12-26-52-41(44)4-2/h3-4,13-22,31-32,42H,1-2,5-12,23-30H2. The summed E-state index contributed by atoms with van der Waals surface area (Å²) >= 11 is 0. The second kappa shape index (κ2) is 25.5. The summed E-state index contributed by atoms with van der Waals surface area (Å²) in [6, 6.07) is 20.2. The van der Waals surface area contributed by atoms with Crippen LogP contribution in [0.3, 0.4) is 0 Å². The van der Waals surface area contributed by atoms with Gasteiger partial charge in [0.1, 0.15) is 60.9 Å². The fourth-order valence-electron chi connectivity index (χ4n) is 4.71. The minimum absolute atomic E-state index is 0.306. The lowest BCUT2D eigenvalue weighted by Crippen LogP contribution is -2.11. The van der Waals surface area contributed by atoms with Crippen LogP contribution >= 0.6 is 0 Å². The van der Waals surface area contributed by atoms with Crippen LogP contribution in [0.5, 0.6) is 34.5 Å². The summed E-state index contributed by atoms with van der Waals surface area (Å²) in [5, 5.41) is 7.81. The zero-order valence-corrected chi connectivity index (χ0v) is 29.9. The van der Waals surface area contributed by atoms with Crippen molar-refractivity contribution in [3.63, 3.8) is 0 Å². The maximum Gasteiger partial charge on any atom is 0.330 e. The van der Waals surface area contributed by atoms with Crippen molar-refractivity contribution in [2.45, 2.75) is 51.4 Å². The summed E-state index contributed by atoms with van der Waals surface area (Å²) in [6.07, 6.45) is 11.0. The molecule has 3 aromatic rings. The molecule has 0 radical (unpaired) electrons. The van der Waals surface area contributed by atoms with Gasteiger partial charge in [0, 0.05) is 23.9 Å². The van der Waals surface area contributed by atoms with Gasteiger partial charge in [0.2, 0.25) is 0 Å². The zero-order valence-electron chi connectivity index (χ0n) is 29.9. The van der Waals surface area contributed by atoms with Crippen molar-refractivity contribution in [1.29, 1.82) is 5.41 Å². The fourth-order valence-corrected chi connectivity index (χ4v) is 4.71. The summed E-state index contributed by atoms with van der Waals surface area (Å²) in [5.41, 5.74) is 0.598. The number of hydrogen-bond donors (Lipinski definition) is 1. The van der Waals surface area contributed by atoms with Gasteiger partial charge in [-0.25, -0.2) is 9.59 Å². The smallest absolute Gasteiger partial charge is 0.330 e. The van der Waals surface area contributed by atoms with E-state index in [9.17, 15) is 9.59 Å². The molecule has 0 atom stereocenters. The minimum Gasteiger partial charge on any atom is -0.494 e. The molecule has 0 aliphatic rings. The van der Waals surface area contributed by atoms with E-state index in [4.69, 9.17) is 43.3 Å². The van der Waals surface area contributed by atoms with Crippen LogP contribution in [0.1, 0.15) is 56.9 Å². The largest absolute Gasteiger partial charge is 0.494 e. The van der Waals surface area contributed by atoms with Gasteiger partial charge < -0.3 is 43.3 Å². The Bertz CT molecular complexity index is 1490. The Labute approximate surface area is 306 Å². The number of hydrogen-bond acceptors (Lipinski definition) is 11. The van der Waals surface area contributed by atoms with E-state index in [0.29, 0.717) is 81.4 Å². The Morgan fingerprint density at radius 3 is 1.21 bits per heavy atom. The summed E-state index contributed by atoms with van der Waals surface area (Å²) < 4.78 is 44.8. The van der Waals surface area contributed by atoms with Gasteiger partial charge in [-0.3, -0.25) is 0 Å². The van der Waals surface area contributed by atoms with E-state index in [0.717, 1.165) is 62.9 Å². The number of benzene rings is 3. The molecule has 11 nitrogen and oxygen atoms in total. The zero-order chi connectivity index (χ0) is 37.1. The molecule has 0 saturated carbocycles. The van der Waals surface area contributed by atoms with Gasteiger partial charge in [0.15, 0.2) is 0 Å². The lowest BCUT2D eigenvalue weighted by atomic mass is 10.2. The molecule has 11 heteroatoms. The Morgan fingerprint density at radius 1 is 0.462 bits per heavy atom. The normalized spacial score (nSPS) is 10.4. The maximum absolute atomic E-state index is 11.0. The number of ether oxygens (including phenoxy) is 8. The Kier molecular flexibility index (Phi) is 20.1. The number of unbranched alkanes of at least 4 members (excludes halogenated alkanes) is 6. The highest BCUT2D eigenvalue weighted by Gasteiger charge is 2.06. The number of carbonyl (C=O) groups is 2. The first-order valence-electron chi connectivity index (χ1n) is 17.7. The van der Waals surface area contributed by atoms with Gasteiger partial charge in [0.25, 0.3) is 0 Å². The van der Waals surface area contributed by atoms with Crippen LogP contribution in [0.15, 0.2) is 92.0 Å². The number of nitrogens with one attached hydrogen (secondary N) is 1. The third kappa shape index (κ3) is 17.5. The molecule has 0 aromatic heterocycles. The first-order valence-corrected chi connectivity index (χ1v) is 17.7. The molecule has 0 bridgehead atoms. The van der Waals surface area contributed by atoms with Crippen molar-refractivity contribution in [1.82, 2.24) is 0 Å². The third-order valence-corrected chi connectivity index (χ3v) is 7.45. The van der Waals surface area contributed by atoms with Crippen LogP contribution in [0.25, 0.3) is 0 Å². The molecule has 3 rings (SSSR count). The molecule has 0 amide bonds. The van der Waals surface area contributed by atoms with Crippen molar-refractivity contribution >= 4 is 18.2 Å². The van der Waals surface area contributed by atoms with E-state index in [1.54, 1.807) is 18.2 Å². The highest BCUT2D eigenvalue weighted by molar-refractivity contribution is 5.82. The van der Waals surface area contributed by atoms with Gasteiger partial charge in [0.05, 0.1) is 26.4 Å². The third-order valence-electron chi connectivity index (χ3n) is 7.45. The monoisotopic (exact) mass is 717 g/mol. The summed E-state index contributed by atoms with van der Waals surface area (Å²) in [6.45, 7) is 10.1. The Morgan fingerprint density at radius 2 is 0.808 bits per heavy atom. The molecule has 280 valence electrons. The predicted octanol–water partition coefficient (Wildman–Crippen LogP) is 7.94. The van der Waals surface area contributed by atoms with Gasteiger partial charge in [-0.15, -0.1) is 0 Å². The second-order valence-corrected chi connectivity index (χ2v) is 11.4. The van der Waals surface area contributed by atoms with E-state index in [1.807, 2.05) is 48.5 Å². The highest BCUT2D eigenvalue weighted by atomic mass is 16.5. The summed E-state index contributed by atoms with van der Waals surface area (Å²) in [5.74, 6) is 3.38. The van der Waals surface area contributed by atoms with Crippen LogP contribution in [0.4, 0.5) is 0 Å². The summed E-state index contributed by atoms with van der Waals surface area (Å²) in [4.78, 5) is 22.0. The molecule has 1 N–H and O–H groups in total. The Balaban J connectivity index is 1.23. The average molecular weight is 718 g/mol. The first-order chi connectivity index (χ1) is 25.5. The number of rotatable bonds is 29. The molecule has 0 spiro atoms. The van der Waals surface area contributed by atoms with Crippen molar-refractivity contribution in [3.05, 3.63) is 97.6 Å². The molecule has 0 saturated heterocycles. The van der Waals surface area contributed by atoms with E-state index in [1.165, 1.54) is 18.4 Å². The van der Waals surface area contributed by atoms with Crippen LogP contribution in [0.2, 0.25) is 0 Å². The SMILES string of the molecule is C=CC(=O)OCCCCCCOc1ccc(OCCOc2ccc(OCCOc3ccc(OCCCCCCOC(=O)C=C)cc3)c(C=N)c2)cc1. The van der Waals surface area contributed by atoms with Gasteiger partial charge in [-0.05, 0) is 118 Å². The molecule has 0 heterocycles. The second-order valence-electron chi connectivity index (χ2n) is 11.4. The van der Waals surface area contributed by atoms with E-state index >= 15 is 0 Å². The quantitative estimate of drug-likeness (QED) is 0.0327. The predicted molar refractivity (Wildman–Crippen MR) is 199 cm³/mol. The maximum atomic E-state index is 11.0. The van der Waals surface area contributed by atoms with Crippen molar-refractivity contribution in [3.8, 4) is 34.5 Å². The summed E-state index contributed by atoms with van der Waals surface area (Å²) in [7, 11) is 0.